The Morgan fingerprint density at radius 1 is 1.30 bits per heavy atom. The Balaban J connectivity index is 2.12. The van der Waals surface area contributed by atoms with E-state index in [9.17, 15) is 19.3 Å². The lowest BCUT2D eigenvalue weighted by molar-refractivity contribution is -0.387. The van der Waals surface area contributed by atoms with Crippen molar-refractivity contribution in [1.82, 2.24) is 0 Å². The lowest BCUT2D eigenvalue weighted by Gasteiger charge is -2.04. The molecule has 2 rings (SSSR count). The van der Waals surface area contributed by atoms with Crippen LogP contribution < -0.4 is 10.1 Å². The fourth-order valence-electron chi connectivity index (χ4n) is 1.88. The van der Waals surface area contributed by atoms with Crippen LogP contribution >= 0.6 is 0 Å². The number of benzene rings is 2. The molecule has 0 bridgehead atoms. The number of carbonyl (C=O) groups is 1. The minimum absolute atomic E-state index is 0.132. The van der Waals surface area contributed by atoms with Crippen molar-refractivity contribution in [3.05, 3.63) is 70.0 Å². The number of rotatable bonds is 5. The summed E-state index contributed by atoms with van der Waals surface area (Å²) in [5, 5.41) is 13.1. The van der Waals surface area contributed by atoms with E-state index in [0.29, 0.717) is 11.3 Å². The van der Waals surface area contributed by atoms with Gasteiger partial charge in [-0.05, 0) is 24.3 Å². The normalized spacial score (nSPS) is 10.5. The highest BCUT2D eigenvalue weighted by Gasteiger charge is 2.14. The summed E-state index contributed by atoms with van der Waals surface area (Å²) in [5.41, 5.74) is 0.138. The molecule has 0 aliphatic heterocycles. The number of hydrogen-bond acceptors (Lipinski definition) is 4. The molecule has 0 heterocycles. The summed E-state index contributed by atoms with van der Waals surface area (Å²) >= 11 is 0. The molecule has 6 nitrogen and oxygen atoms in total. The molecule has 0 spiro atoms. The first-order valence-corrected chi connectivity index (χ1v) is 6.57. The number of ether oxygens (including phenoxy) is 1. The topological polar surface area (TPSA) is 81.5 Å². The molecular formula is C16H13FN2O4. The summed E-state index contributed by atoms with van der Waals surface area (Å²) in [5.74, 6) is -0.858. The van der Waals surface area contributed by atoms with Crippen molar-refractivity contribution in [2.45, 2.75) is 0 Å². The molecule has 2 aromatic rings. The standard InChI is InChI=1S/C16H13FN2O4/c1-23-15-5-3-2-4-11(15)6-9-16(20)18-12-7-8-13(17)14(10-12)19(21)22/h2-10H,1H3,(H,18,20)/b9-6+. The summed E-state index contributed by atoms with van der Waals surface area (Å²) in [4.78, 5) is 21.7. The van der Waals surface area contributed by atoms with Gasteiger partial charge in [0.05, 0.1) is 12.0 Å². The predicted molar refractivity (Wildman–Crippen MR) is 83.7 cm³/mol. The average Bonchev–Trinajstić information content (AvgIpc) is 2.54. The fourth-order valence-corrected chi connectivity index (χ4v) is 1.88. The summed E-state index contributed by atoms with van der Waals surface area (Å²) in [6.07, 6.45) is 2.80. The van der Waals surface area contributed by atoms with E-state index in [-0.39, 0.29) is 5.69 Å². The maximum atomic E-state index is 13.2. The van der Waals surface area contributed by atoms with Gasteiger partial charge in [0.2, 0.25) is 11.7 Å². The molecule has 1 amide bonds. The second-order valence-corrected chi connectivity index (χ2v) is 4.49. The molecule has 1 N–H and O–H groups in total. The van der Waals surface area contributed by atoms with Crippen LogP contribution in [0.25, 0.3) is 6.08 Å². The Bertz CT molecular complexity index is 774. The van der Waals surface area contributed by atoms with Crippen molar-refractivity contribution in [3.8, 4) is 5.75 Å². The van der Waals surface area contributed by atoms with Gasteiger partial charge in [-0.1, -0.05) is 18.2 Å². The predicted octanol–water partition coefficient (Wildman–Crippen LogP) is 3.39. The average molecular weight is 316 g/mol. The number of nitrogens with zero attached hydrogens (tertiary/aromatic N) is 1. The zero-order chi connectivity index (χ0) is 16.8. The number of nitrogens with one attached hydrogen (secondary N) is 1. The molecule has 0 radical (unpaired) electrons. The lowest BCUT2D eigenvalue weighted by Crippen LogP contribution is -2.08. The van der Waals surface area contributed by atoms with Crippen LogP contribution in [0.2, 0.25) is 0 Å². The summed E-state index contributed by atoms with van der Waals surface area (Å²) < 4.78 is 18.4. The summed E-state index contributed by atoms with van der Waals surface area (Å²) in [6, 6.07) is 10.3. The van der Waals surface area contributed by atoms with Gasteiger partial charge in [0.25, 0.3) is 0 Å². The Hall–Kier alpha value is -3.22. The molecule has 0 saturated heterocycles. The van der Waals surface area contributed by atoms with E-state index < -0.39 is 22.3 Å². The van der Waals surface area contributed by atoms with Crippen LogP contribution in [0.1, 0.15) is 5.56 Å². The van der Waals surface area contributed by atoms with Crippen LogP contribution in [0.5, 0.6) is 5.75 Å². The van der Waals surface area contributed by atoms with Crippen LogP contribution in [0, 0.1) is 15.9 Å². The van der Waals surface area contributed by atoms with Gasteiger partial charge >= 0.3 is 5.69 Å². The van der Waals surface area contributed by atoms with Crippen molar-refractivity contribution < 1.29 is 18.8 Å². The molecule has 7 heteroatoms. The minimum Gasteiger partial charge on any atom is -0.496 e. The van der Waals surface area contributed by atoms with E-state index in [0.717, 1.165) is 12.1 Å². The SMILES string of the molecule is COc1ccccc1/C=C/C(=O)Nc1ccc(F)c([N+](=O)[O-])c1. The van der Waals surface area contributed by atoms with Crippen LogP contribution in [-0.4, -0.2) is 17.9 Å². The number of methoxy groups -OCH3 is 1. The van der Waals surface area contributed by atoms with Crippen LogP contribution in [0.4, 0.5) is 15.8 Å². The van der Waals surface area contributed by atoms with Crippen molar-refractivity contribution in [3.63, 3.8) is 0 Å². The van der Waals surface area contributed by atoms with Crippen LogP contribution in [0.15, 0.2) is 48.5 Å². The van der Waals surface area contributed by atoms with Gasteiger partial charge in [0.1, 0.15) is 5.75 Å². The molecular weight excluding hydrogens is 303 g/mol. The quantitative estimate of drug-likeness (QED) is 0.521. The second-order valence-electron chi connectivity index (χ2n) is 4.49. The molecule has 118 valence electrons. The van der Waals surface area contributed by atoms with E-state index >= 15 is 0 Å². The molecule has 0 aromatic heterocycles. The first-order valence-electron chi connectivity index (χ1n) is 6.57. The van der Waals surface area contributed by atoms with Crippen molar-refractivity contribution >= 4 is 23.4 Å². The molecule has 0 unspecified atom stereocenters. The third-order valence-corrected chi connectivity index (χ3v) is 2.96. The molecule has 0 fully saturated rings. The number of carbonyl (C=O) groups excluding carboxylic acids is 1. The van der Waals surface area contributed by atoms with Gasteiger partial charge in [-0.2, -0.15) is 4.39 Å². The zero-order valence-electron chi connectivity index (χ0n) is 12.2. The summed E-state index contributed by atoms with van der Waals surface area (Å²) in [6.45, 7) is 0. The Labute approximate surface area is 131 Å². The largest absolute Gasteiger partial charge is 0.496 e. The van der Waals surface area contributed by atoms with Crippen LogP contribution in [0.3, 0.4) is 0 Å². The van der Waals surface area contributed by atoms with Gasteiger partial charge in [0, 0.05) is 23.4 Å². The second kappa shape index (κ2) is 7.17. The van der Waals surface area contributed by atoms with E-state index in [4.69, 9.17) is 4.74 Å². The smallest absolute Gasteiger partial charge is 0.306 e. The maximum absolute atomic E-state index is 13.2. The number of anilines is 1. The van der Waals surface area contributed by atoms with Crippen molar-refractivity contribution in [2.24, 2.45) is 0 Å². The molecule has 0 aliphatic carbocycles. The highest BCUT2D eigenvalue weighted by atomic mass is 19.1. The van der Waals surface area contributed by atoms with E-state index in [1.807, 2.05) is 0 Å². The van der Waals surface area contributed by atoms with Crippen LogP contribution in [-0.2, 0) is 4.79 Å². The van der Waals surface area contributed by atoms with Gasteiger partial charge in [-0.25, -0.2) is 0 Å². The first-order chi connectivity index (χ1) is 11.0. The van der Waals surface area contributed by atoms with E-state index in [2.05, 4.69) is 5.32 Å². The molecule has 0 atom stereocenters. The summed E-state index contributed by atoms with van der Waals surface area (Å²) in [7, 11) is 1.52. The zero-order valence-corrected chi connectivity index (χ0v) is 12.2. The number of nitro benzene ring substituents is 1. The maximum Gasteiger partial charge on any atom is 0.306 e. The third-order valence-electron chi connectivity index (χ3n) is 2.96. The molecule has 0 aliphatic rings. The molecule has 2 aromatic carbocycles. The monoisotopic (exact) mass is 316 g/mol. The number of nitro groups is 1. The number of amides is 1. The number of halogens is 1. The Morgan fingerprint density at radius 2 is 2.04 bits per heavy atom. The number of para-hydroxylation sites is 1. The van der Waals surface area contributed by atoms with Gasteiger partial charge in [-0.3, -0.25) is 14.9 Å². The van der Waals surface area contributed by atoms with Gasteiger partial charge in [-0.15, -0.1) is 0 Å². The Kier molecular flexibility index (Phi) is 5.03. The minimum atomic E-state index is -0.961. The number of hydrogen-bond donors (Lipinski definition) is 1. The third kappa shape index (κ3) is 4.13. The highest BCUT2D eigenvalue weighted by molar-refractivity contribution is 6.02. The van der Waals surface area contributed by atoms with E-state index in [1.165, 1.54) is 19.3 Å². The molecule has 0 saturated carbocycles. The van der Waals surface area contributed by atoms with Crippen molar-refractivity contribution in [1.29, 1.82) is 0 Å². The first kappa shape index (κ1) is 16.2. The van der Waals surface area contributed by atoms with Gasteiger partial charge < -0.3 is 10.1 Å². The molecule has 23 heavy (non-hydrogen) atoms. The fraction of sp³-hybridized carbons (Fsp3) is 0.0625. The highest BCUT2D eigenvalue weighted by Crippen LogP contribution is 2.22. The Morgan fingerprint density at radius 3 is 2.74 bits per heavy atom. The van der Waals surface area contributed by atoms with Crippen molar-refractivity contribution in [2.75, 3.05) is 12.4 Å². The van der Waals surface area contributed by atoms with E-state index in [1.54, 1.807) is 30.3 Å². The lowest BCUT2D eigenvalue weighted by atomic mass is 10.2. The van der Waals surface area contributed by atoms with Gasteiger partial charge in [0.15, 0.2) is 0 Å².